The number of rotatable bonds is 6. The molecule has 2 amide bonds. The summed E-state index contributed by atoms with van der Waals surface area (Å²) in [6.07, 6.45) is 0.639. The number of amides is 2. The van der Waals surface area contributed by atoms with Gasteiger partial charge in [-0.3, -0.25) is 0 Å². The number of carbonyl (C=O) groups excluding carboxylic acids is 1. The zero-order valence-electron chi connectivity index (χ0n) is 17.1. The molecule has 0 bridgehead atoms. The molecule has 2 atom stereocenters. The molecule has 1 aliphatic heterocycles. The molecule has 0 spiro atoms. The van der Waals surface area contributed by atoms with Crippen LogP contribution in [0, 0.1) is 0 Å². The lowest BCUT2D eigenvalue weighted by molar-refractivity contribution is 0.0679. The Morgan fingerprint density at radius 3 is 1.80 bits per heavy atom. The summed E-state index contributed by atoms with van der Waals surface area (Å²) in [5.74, 6) is 0. The lowest BCUT2D eigenvalue weighted by atomic mass is 9.98. The highest BCUT2D eigenvalue weighted by Crippen LogP contribution is 2.24. The van der Waals surface area contributed by atoms with Crippen LogP contribution in [0.25, 0.3) is 0 Å². The minimum atomic E-state index is -0.571. The van der Waals surface area contributed by atoms with Crippen LogP contribution >= 0.6 is 0 Å². The molecule has 1 heterocycles. The van der Waals surface area contributed by atoms with Crippen LogP contribution in [0.15, 0.2) is 91.0 Å². The van der Waals surface area contributed by atoms with Crippen LogP contribution in [0.4, 0.5) is 4.79 Å². The van der Waals surface area contributed by atoms with E-state index in [-0.39, 0.29) is 12.1 Å². The molecule has 154 valence electrons. The minimum absolute atomic E-state index is 0.0137. The van der Waals surface area contributed by atoms with Gasteiger partial charge in [-0.1, -0.05) is 91.0 Å². The van der Waals surface area contributed by atoms with Crippen molar-refractivity contribution in [3.63, 3.8) is 0 Å². The van der Waals surface area contributed by atoms with E-state index in [0.29, 0.717) is 32.5 Å². The van der Waals surface area contributed by atoms with Crippen molar-refractivity contribution in [3.05, 3.63) is 108 Å². The monoisotopic (exact) mass is 400 g/mol. The first-order valence-corrected chi connectivity index (χ1v) is 10.6. The molecule has 1 aliphatic rings. The van der Waals surface area contributed by atoms with E-state index in [2.05, 4.69) is 12.1 Å². The Morgan fingerprint density at radius 2 is 1.23 bits per heavy atom. The molecule has 1 fully saturated rings. The number of aliphatic hydroxyl groups is 1. The fourth-order valence-electron chi connectivity index (χ4n) is 4.12. The van der Waals surface area contributed by atoms with Gasteiger partial charge in [0.1, 0.15) is 0 Å². The molecule has 4 nitrogen and oxygen atoms in total. The maximum atomic E-state index is 13.6. The average molecular weight is 401 g/mol. The summed E-state index contributed by atoms with van der Waals surface area (Å²) in [5, 5.41) is 11.0. The second kappa shape index (κ2) is 9.59. The van der Waals surface area contributed by atoms with Crippen LogP contribution in [0.3, 0.4) is 0 Å². The highest BCUT2D eigenvalue weighted by atomic mass is 16.3. The molecule has 0 aromatic heterocycles. The largest absolute Gasteiger partial charge is 0.391 e. The number of hydrogen-bond acceptors (Lipinski definition) is 2. The molecule has 1 saturated heterocycles. The third-order valence-corrected chi connectivity index (χ3v) is 5.76. The highest BCUT2D eigenvalue weighted by molar-refractivity contribution is 5.75. The van der Waals surface area contributed by atoms with Crippen molar-refractivity contribution in [2.75, 3.05) is 6.54 Å². The van der Waals surface area contributed by atoms with Gasteiger partial charge in [0.2, 0.25) is 0 Å². The zero-order valence-corrected chi connectivity index (χ0v) is 17.1. The van der Waals surface area contributed by atoms with Gasteiger partial charge in [0.25, 0.3) is 0 Å². The normalized spacial score (nSPS) is 19.6. The van der Waals surface area contributed by atoms with Crippen LogP contribution in [0.2, 0.25) is 0 Å². The number of hydrogen-bond donors (Lipinski definition) is 1. The maximum Gasteiger partial charge on any atom is 0.320 e. The lowest BCUT2D eigenvalue weighted by Gasteiger charge is -2.34. The summed E-state index contributed by atoms with van der Waals surface area (Å²) in [4.78, 5) is 17.4. The first-order valence-electron chi connectivity index (χ1n) is 10.6. The molecule has 1 N–H and O–H groups in total. The van der Waals surface area contributed by atoms with E-state index in [0.717, 1.165) is 16.7 Å². The average Bonchev–Trinajstić information content (AvgIpc) is 2.89. The van der Waals surface area contributed by atoms with Crippen molar-refractivity contribution < 1.29 is 9.90 Å². The summed E-state index contributed by atoms with van der Waals surface area (Å²) in [7, 11) is 0. The van der Waals surface area contributed by atoms with Crippen LogP contribution in [0.5, 0.6) is 0 Å². The van der Waals surface area contributed by atoms with Gasteiger partial charge in [0, 0.05) is 19.6 Å². The number of urea groups is 1. The predicted molar refractivity (Wildman–Crippen MR) is 119 cm³/mol. The Bertz CT molecular complexity index is 931. The van der Waals surface area contributed by atoms with Crippen LogP contribution in [0.1, 0.15) is 23.1 Å². The SMILES string of the molecule is O=C1N(Cc2ccccc2)CCC(O)C(Cc2ccccc2)N1Cc1ccccc1. The maximum absolute atomic E-state index is 13.6. The highest BCUT2D eigenvalue weighted by Gasteiger charge is 2.36. The van der Waals surface area contributed by atoms with Crippen LogP contribution < -0.4 is 0 Å². The fourth-order valence-corrected chi connectivity index (χ4v) is 4.12. The first kappa shape index (κ1) is 20.2. The van der Waals surface area contributed by atoms with Gasteiger partial charge < -0.3 is 14.9 Å². The number of aliphatic hydroxyl groups excluding tert-OH is 1. The first-order chi connectivity index (χ1) is 14.7. The van der Waals surface area contributed by atoms with E-state index in [4.69, 9.17) is 0 Å². The Balaban J connectivity index is 1.62. The second-order valence-corrected chi connectivity index (χ2v) is 7.92. The standard InChI is InChI=1S/C26H28N2O2/c29-25-16-17-27(19-22-12-6-2-7-13-22)26(30)28(20-23-14-8-3-9-15-23)24(25)18-21-10-4-1-5-11-21/h1-15,24-25,29H,16-20H2. The van der Waals surface area contributed by atoms with E-state index in [9.17, 15) is 9.90 Å². The van der Waals surface area contributed by atoms with Gasteiger partial charge in [0.05, 0.1) is 12.1 Å². The quantitative estimate of drug-likeness (QED) is 0.663. The summed E-state index contributed by atoms with van der Waals surface area (Å²) in [6, 6.07) is 29.9. The third-order valence-electron chi connectivity index (χ3n) is 5.76. The predicted octanol–water partition coefficient (Wildman–Crippen LogP) is 4.49. The van der Waals surface area contributed by atoms with E-state index < -0.39 is 6.10 Å². The Labute approximate surface area is 178 Å². The van der Waals surface area contributed by atoms with E-state index in [1.54, 1.807) is 0 Å². The molecule has 3 aromatic carbocycles. The smallest absolute Gasteiger partial charge is 0.320 e. The molecule has 0 radical (unpaired) electrons. The van der Waals surface area contributed by atoms with Crippen molar-refractivity contribution in [1.29, 1.82) is 0 Å². The molecule has 4 rings (SSSR count). The van der Waals surface area contributed by atoms with E-state index >= 15 is 0 Å². The molecule has 2 unspecified atom stereocenters. The van der Waals surface area contributed by atoms with Crippen molar-refractivity contribution in [3.8, 4) is 0 Å². The molecule has 4 heteroatoms. The Kier molecular flexibility index (Phi) is 6.45. The van der Waals surface area contributed by atoms with Crippen molar-refractivity contribution in [2.45, 2.75) is 38.1 Å². The topological polar surface area (TPSA) is 43.8 Å². The van der Waals surface area contributed by atoms with Gasteiger partial charge in [-0.05, 0) is 29.5 Å². The summed E-state index contributed by atoms with van der Waals surface area (Å²) < 4.78 is 0. The van der Waals surface area contributed by atoms with Crippen molar-refractivity contribution in [2.24, 2.45) is 0 Å². The Hall–Kier alpha value is -3.11. The zero-order chi connectivity index (χ0) is 20.8. The van der Waals surface area contributed by atoms with Crippen molar-refractivity contribution in [1.82, 2.24) is 9.80 Å². The van der Waals surface area contributed by atoms with Crippen LogP contribution in [-0.2, 0) is 19.5 Å². The third kappa shape index (κ3) is 4.89. The van der Waals surface area contributed by atoms with Gasteiger partial charge in [-0.15, -0.1) is 0 Å². The Morgan fingerprint density at radius 1 is 0.733 bits per heavy atom. The minimum Gasteiger partial charge on any atom is -0.391 e. The van der Waals surface area contributed by atoms with Gasteiger partial charge in [-0.25, -0.2) is 4.79 Å². The molecule has 0 saturated carbocycles. The van der Waals surface area contributed by atoms with E-state index in [1.807, 2.05) is 88.7 Å². The fraction of sp³-hybridized carbons (Fsp3) is 0.269. The number of nitrogens with zero attached hydrogens (tertiary/aromatic N) is 2. The molecular weight excluding hydrogens is 372 g/mol. The number of benzene rings is 3. The van der Waals surface area contributed by atoms with E-state index in [1.165, 1.54) is 0 Å². The van der Waals surface area contributed by atoms with Gasteiger partial charge in [0.15, 0.2) is 0 Å². The molecule has 30 heavy (non-hydrogen) atoms. The van der Waals surface area contributed by atoms with Gasteiger partial charge in [-0.2, -0.15) is 0 Å². The summed E-state index contributed by atoms with van der Waals surface area (Å²) in [5.41, 5.74) is 3.29. The molecule has 3 aromatic rings. The number of carbonyl (C=O) groups is 1. The second-order valence-electron chi connectivity index (χ2n) is 7.92. The summed E-state index contributed by atoms with van der Waals surface area (Å²) >= 11 is 0. The summed E-state index contributed by atoms with van der Waals surface area (Å²) in [6.45, 7) is 1.58. The molecular formula is C26H28N2O2. The van der Waals surface area contributed by atoms with Crippen LogP contribution in [-0.4, -0.2) is 39.6 Å². The lowest BCUT2D eigenvalue weighted by Crippen LogP contribution is -2.49. The molecule has 0 aliphatic carbocycles. The van der Waals surface area contributed by atoms with Gasteiger partial charge >= 0.3 is 6.03 Å². The van der Waals surface area contributed by atoms with Crippen molar-refractivity contribution >= 4 is 6.03 Å².